The molecule has 0 aliphatic carbocycles. The van der Waals surface area contributed by atoms with E-state index in [0.717, 1.165) is 44.9 Å². The summed E-state index contributed by atoms with van der Waals surface area (Å²) in [6, 6.07) is 1.14. The van der Waals surface area contributed by atoms with Crippen molar-refractivity contribution in [2.75, 3.05) is 33.8 Å². The third kappa shape index (κ3) is 11.0. The lowest BCUT2D eigenvalue weighted by molar-refractivity contribution is -0.140. The zero-order valence-corrected chi connectivity index (χ0v) is 15.8. The molecular formula is C17H36N4O2. The lowest BCUT2D eigenvalue weighted by Gasteiger charge is -2.30. The van der Waals surface area contributed by atoms with E-state index in [2.05, 4.69) is 53.0 Å². The lowest BCUT2D eigenvalue weighted by atomic mass is 10.2. The van der Waals surface area contributed by atoms with E-state index in [1.165, 1.54) is 7.11 Å². The van der Waals surface area contributed by atoms with E-state index in [1.54, 1.807) is 7.05 Å². The van der Waals surface area contributed by atoms with Crippen molar-refractivity contribution in [1.29, 1.82) is 0 Å². The molecule has 0 aliphatic heterocycles. The van der Waals surface area contributed by atoms with Crippen molar-refractivity contribution in [3.8, 4) is 0 Å². The van der Waals surface area contributed by atoms with Crippen LogP contribution in [0, 0.1) is 0 Å². The Morgan fingerprint density at radius 3 is 2.09 bits per heavy atom. The van der Waals surface area contributed by atoms with Gasteiger partial charge in [0.15, 0.2) is 5.96 Å². The second-order valence-electron chi connectivity index (χ2n) is 6.24. The van der Waals surface area contributed by atoms with Gasteiger partial charge in [0.2, 0.25) is 0 Å². The Balaban J connectivity index is 3.80. The Kier molecular flexibility index (Phi) is 12.4. The highest BCUT2D eigenvalue weighted by Crippen LogP contribution is 2.05. The van der Waals surface area contributed by atoms with Gasteiger partial charge < -0.3 is 15.4 Å². The van der Waals surface area contributed by atoms with Crippen LogP contribution in [0.3, 0.4) is 0 Å². The summed E-state index contributed by atoms with van der Waals surface area (Å²) in [5, 5.41) is 6.60. The van der Waals surface area contributed by atoms with Crippen LogP contribution in [0.2, 0.25) is 0 Å². The molecule has 0 aromatic heterocycles. The molecule has 0 aromatic carbocycles. The molecule has 2 N–H and O–H groups in total. The number of hydrogen-bond acceptors (Lipinski definition) is 4. The Bertz CT molecular complexity index is 335. The molecule has 0 fully saturated rings. The fourth-order valence-electron chi connectivity index (χ4n) is 2.50. The van der Waals surface area contributed by atoms with Crippen LogP contribution in [0.1, 0.15) is 53.4 Å². The molecule has 0 atom stereocenters. The number of rotatable bonds is 11. The van der Waals surface area contributed by atoms with E-state index in [0.29, 0.717) is 18.5 Å². The second-order valence-corrected chi connectivity index (χ2v) is 6.24. The quantitative estimate of drug-likeness (QED) is 0.263. The van der Waals surface area contributed by atoms with Crippen LogP contribution in [0.25, 0.3) is 0 Å². The van der Waals surface area contributed by atoms with Crippen LogP contribution >= 0.6 is 0 Å². The largest absolute Gasteiger partial charge is 0.469 e. The molecule has 0 saturated carbocycles. The van der Waals surface area contributed by atoms with Gasteiger partial charge in [-0.15, -0.1) is 0 Å². The summed E-state index contributed by atoms with van der Waals surface area (Å²) in [5.41, 5.74) is 0. The predicted molar refractivity (Wildman–Crippen MR) is 96.8 cm³/mol. The van der Waals surface area contributed by atoms with Gasteiger partial charge in [0, 0.05) is 45.2 Å². The number of hydrogen-bond donors (Lipinski definition) is 2. The topological polar surface area (TPSA) is 66.0 Å². The van der Waals surface area contributed by atoms with Crippen molar-refractivity contribution in [2.45, 2.75) is 65.5 Å². The fourth-order valence-corrected chi connectivity index (χ4v) is 2.50. The first-order valence-corrected chi connectivity index (χ1v) is 8.69. The number of guanidine groups is 1. The Hall–Kier alpha value is -1.30. The molecule has 6 heteroatoms. The minimum atomic E-state index is -0.146. The highest BCUT2D eigenvalue weighted by atomic mass is 16.5. The van der Waals surface area contributed by atoms with Gasteiger partial charge in [-0.25, -0.2) is 0 Å². The summed E-state index contributed by atoms with van der Waals surface area (Å²) in [7, 11) is 3.20. The molecule has 0 saturated heterocycles. The molecule has 0 aliphatic rings. The van der Waals surface area contributed by atoms with Gasteiger partial charge in [-0.1, -0.05) is 0 Å². The number of methoxy groups -OCH3 is 1. The van der Waals surface area contributed by atoms with Gasteiger partial charge >= 0.3 is 5.97 Å². The molecule has 0 unspecified atom stereocenters. The number of aliphatic imine (C=N–C) groups is 1. The third-order valence-electron chi connectivity index (χ3n) is 3.76. The maximum atomic E-state index is 11.0. The number of carbonyl (C=O) groups excluding carboxylic acids is 1. The van der Waals surface area contributed by atoms with E-state index in [4.69, 9.17) is 0 Å². The summed E-state index contributed by atoms with van der Waals surface area (Å²) < 4.78 is 4.62. The van der Waals surface area contributed by atoms with E-state index in [1.807, 2.05) is 0 Å². The highest BCUT2D eigenvalue weighted by molar-refractivity contribution is 5.79. The number of unbranched alkanes of at least 4 members (excludes halogenated alkanes) is 1. The molecule has 0 aromatic rings. The van der Waals surface area contributed by atoms with Crippen LogP contribution in [0.15, 0.2) is 4.99 Å². The number of carbonyl (C=O) groups is 1. The van der Waals surface area contributed by atoms with E-state index < -0.39 is 0 Å². The van der Waals surface area contributed by atoms with Gasteiger partial charge in [0.05, 0.1) is 7.11 Å². The van der Waals surface area contributed by atoms with E-state index in [-0.39, 0.29) is 5.97 Å². The van der Waals surface area contributed by atoms with Gasteiger partial charge in [-0.05, 0) is 47.0 Å². The number of nitrogens with zero attached hydrogens (tertiary/aromatic N) is 2. The predicted octanol–water partition coefficient (Wildman–Crippen LogP) is 2.00. The molecule has 0 amide bonds. The molecule has 0 spiro atoms. The molecule has 0 bridgehead atoms. The molecule has 0 heterocycles. The average Bonchev–Trinajstić information content (AvgIpc) is 2.51. The van der Waals surface area contributed by atoms with Crippen LogP contribution in [-0.4, -0.2) is 62.7 Å². The van der Waals surface area contributed by atoms with Crippen molar-refractivity contribution in [3.05, 3.63) is 0 Å². The first kappa shape index (κ1) is 21.7. The molecule has 6 nitrogen and oxygen atoms in total. The van der Waals surface area contributed by atoms with Crippen molar-refractivity contribution in [1.82, 2.24) is 15.5 Å². The standard InChI is InChI=1S/C17H36N4O2/c1-14(2)21(15(3)4)13-9-12-20-17(18-5)19-11-8-7-10-16(22)23-6/h14-15H,7-13H2,1-6H3,(H2,18,19,20). The molecule has 23 heavy (non-hydrogen) atoms. The maximum Gasteiger partial charge on any atom is 0.305 e. The van der Waals surface area contributed by atoms with Crippen LogP contribution in [-0.2, 0) is 9.53 Å². The van der Waals surface area contributed by atoms with Crippen molar-refractivity contribution < 1.29 is 9.53 Å². The first-order chi connectivity index (χ1) is 10.9. The normalized spacial score (nSPS) is 12.1. The molecular weight excluding hydrogens is 292 g/mol. The smallest absolute Gasteiger partial charge is 0.305 e. The van der Waals surface area contributed by atoms with Crippen LogP contribution in [0.5, 0.6) is 0 Å². The van der Waals surface area contributed by atoms with Gasteiger partial charge in [0.1, 0.15) is 0 Å². The monoisotopic (exact) mass is 328 g/mol. The zero-order chi connectivity index (χ0) is 17.7. The number of nitrogens with one attached hydrogen (secondary N) is 2. The molecule has 0 rings (SSSR count). The summed E-state index contributed by atoms with van der Waals surface area (Å²) >= 11 is 0. The van der Waals surface area contributed by atoms with E-state index >= 15 is 0 Å². The maximum absolute atomic E-state index is 11.0. The molecule has 0 radical (unpaired) electrons. The summed E-state index contributed by atoms with van der Waals surface area (Å²) in [6.45, 7) is 11.7. The minimum Gasteiger partial charge on any atom is -0.469 e. The van der Waals surface area contributed by atoms with Crippen molar-refractivity contribution >= 4 is 11.9 Å². The SMILES string of the molecule is CN=C(NCCCCC(=O)OC)NCCCN(C(C)C)C(C)C. The average molecular weight is 329 g/mol. The first-order valence-electron chi connectivity index (χ1n) is 8.69. The van der Waals surface area contributed by atoms with Gasteiger partial charge in [-0.2, -0.15) is 0 Å². The van der Waals surface area contributed by atoms with Gasteiger partial charge in [0.25, 0.3) is 0 Å². The second kappa shape index (κ2) is 13.2. The zero-order valence-electron chi connectivity index (χ0n) is 15.8. The Morgan fingerprint density at radius 2 is 1.61 bits per heavy atom. The Labute approximate surface area is 142 Å². The summed E-state index contributed by atoms with van der Waals surface area (Å²) in [5.74, 6) is 0.677. The minimum absolute atomic E-state index is 0.146. The lowest BCUT2D eigenvalue weighted by Crippen LogP contribution is -2.41. The summed E-state index contributed by atoms with van der Waals surface area (Å²) in [4.78, 5) is 17.7. The summed E-state index contributed by atoms with van der Waals surface area (Å²) in [6.07, 6.45) is 3.31. The van der Waals surface area contributed by atoms with Crippen LogP contribution in [0.4, 0.5) is 0 Å². The fraction of sp³-hybridized carbons (Fsp3) is 0.882. The third-order valence-corrected chi connectivity index (χ3v) is 3.76. The number of esters is 1. The highest BCUT2D eigenvalue weighted by Gasteiger charge is 2.12. The van der Waals surface area contributed by atoms with Crippen molar-refractivity contribution in [3.63, 3.8) is 0 Å². The molecule has 136 valence electrons. The Morgan fingerprint density at radius 1 is 1.04 bits per heavy atom. The van der Waals surface area contributed by atoms with Crippen LogP contribution < -0.4 is 10.6 Å². The van der Waals surface area contributed by atoms with E-state index in [9.17, 15) is 4.79 Å². The van der Waals surface area contributed by atoms with Crippen molar-refractivity contribution in [2.24, 2.45) is 4.99 Å². The number of ether oxygens (including phenoxy) is 1. The van der Waals surface area contributed by atoms with Gasteiger partial charge in [-0.3, -0.25) is 14.7 Å².